The Balaban J connectivity index is 1.15. The molecule has 5 atom stereocenters. The fraction of sp³-hybridized carbons (Fsp3) is 0.361. The van der Waals surface area contributed by atoms with Gasteiger partial charge in [0.15, 0.2) is 5.60 Å². The maximum absolute atomic E-state index is 16.2. The number of aromatic nitrogens is 1. The zero-order valence-electron chi connectivity index (χ0n) is 26.7. The highest BCUT2D eigenvalue weighted by Crippen LogP contribution is 2.59. The number of hydrogen-bond donors (Lipinski definition) is 4. The fourth-order valence-corrected chi connectivity index (χ4v) is 10.6. The lowest BCUT2D eigenvalue weighted by Gasteiger charge is -2.37. The van der Waals surface area contributed by atoms with Gasteiger partial charge in [-0.1, -0.05) is 49.4 Å². The van der Waals surface area contributed by atoms with Crippen molar-refractivity contribution in [1.82, 2.24) is 9.88 Å². The van der Waals surface area contributed by atoms with Gasteiger partial charge in [-0.2, -0.15) is 0 Å². The lowest BCUT2D eigenvalue weighted by molar-refractivity contribution is -0.149. The van der Waals surface area contributed by atoms with Crippen molar-refractivity contribution < 1.29 is 28.3 Å². The lowest BCUT2D eigenvalue weighted by atomic mass is 9.82. The average molecular weight is 655 g/mol. The van der Waals surface area contributed by atoms with Crippen LogP contribution in [0.1, 0.15) is 35.6 Å². The Morgan fingerprint density at radius 3 is 2.62 bits per heavy atom. The summed E-state index contributed by atoms with van der Waals surface area (Å²) in [6.07, 6.45) is 1.55. The number of fused-ring (bicyclic) bond motifs is 4. The Morgan fingerprint density at radius 2 is 1.85 bits per heavy atom. The molecule has 4 N–H and O–H groups in total. The molecule has 1 fully saturated rings. The SMILES string of the molecule is C[C@@H]1[C@@H]([Si](C)(C)F)[C@H](CC(=O)N2Cc3ccccc3C[C@H]2CO)O[C@@]12C(=O)Nc1ccc(NC(=O)Cc3c[nH]c4ccccc34)cc12. The molecule has 3 aliphatic rings. The summed E-state index contributed by atoms with van der Waals surface area (Å²) in [4.78, 5) is 45.7. The van der Waals surface area contributed by atoms with Gasteiger partial charge in [0, 0.05) is 52.0 Å². The summed E-state index contributed by atoms with van der Waals surface area (Å²) in [7, 11) is -3.49. The van der Waals surface area contributed by atoms with E-state index < -0.39 is 43.5 Å². The number of anilines is 2. The first-order valence-corrected chi connectivity index (χ1v) is 19.1. The molecule has 47 heavy (non-hydrogen) atoms. The molecule has 7 rings (SSSR count). The number of carbonyl (C=O) groups excluding carboxylic acids is 3. The zero-order valence-corrected chi connectivity index (χ0v) is 27.7. The van der Waals surface area contributed by atoms with Gasteiger partial charge >= 0.3 is 0 Å². The summed E-state index contributed by atoms with van der Waals surface area (Å²) in [6.45, 7) is 5.17. The van der Waals surface area contributed by atoms with Gasteiger partial charge in [-0.05, 0) is 60.5 Å². The van der Waals surface area contributed by atoms with E-state index in [0.717, 1.165) is 27.6 Å². The number of ether oxygens (including phenoxy) is 1. The number of amides is 3. The van der Waals surface area contributed by atoms with Crippen LogP contribution >= 0.6 is 0 Å². The maximum Gasteiger partial charge on any atom is 0.261 e. The first-order valence-electron chi connectivity index (χ1n) is 16.1. The van der Waals surface area contributed by atoms with Crippen molar-refractivity contribution >= 4 is 48.4 Å². The highest BCUT2D eigenvalue weighted by atomic mass is 28.4. The van der Waals surface area contributed by atoms with Crippen molar-refractivity contribution in [2.75, 3.05) is 17.2 Å². The van der Waals surface area contributed by atoms with Crippen LogP contribution in [0.2, 0.25) is 18.6 Å². The Bertz CT molecular complexity index is 1890. The zero-order chi connectivity index (χ0) is 33.1. The van der Waals surface area contributed by atoms with Crippen LogP contribution < -0.4 is 10.6 Å². The molecule has 11 heteroatoms. The van der Waals surface area contributed by atoms with E-state index in [1.807, 2.05) is 61.7 Å². The van der Waals surface area contributed by atoms with E-state index in [1.165, 1.54) is 0 Å². The molecule has 0 saturated carbocycles. The molecule has 0 radical (unpaired) electrons. The van der Waals surface area contributed by atoms with Crippen molar-refractivity contribution in [2.24, 2.45) is 5.92 Å². The third-order valence-electron chi connectivity index (χ3n) is 10.3. The quantitative estimate of drug-likeness (QED) is 0.157. The number of hydrogen-bond acceptors (Lipinski definition) is 5. The normalized spacial score (nSPS) is 25.1. The number of nitrogens with one attached hydrogen (secondary N) is 3. The Hall–Kier alpha value is -4.32. The van der Waals surface area contributed by atoms with Gasteiger partial charge in [-0.15, -0.1) is 0 Å². The van der Waals surface area contributed by atoms with Gasteiger partial charge in [0.2, 0.25) is 20.2 Å². The molecule has 9 nitrogen and oxygen atoms in total. The van der Waals surface area contributed by atoms with Crippen LogP contribution in [0.15, 0.2) is 72.9 Å². The molecule has 0 unspecified atom stereocenters. The molecule has 4 aromatic rings. The van der Waals surface area contributed by atoms with E-state index in [-0.39, 0.29) is 31.3 Å². The standard InChI is InChI=1S/C36H39FN4O5Si/c1-21-34(47(2,3)37)31(17-33(44)41-19-23-9-5-4-8-22(23)14-26(41)20-42)46-36(21)28-16-25(12-13-30(28)40-35(36)45)39-32(43)15-24-18-38-29-11-7-6-10-27(24)29/h4-13,16,18,21,26,31,34,38,42H,14-15,17,19-20H2,1-3H3,(H,39,43)(H,40,45)/t21-,26+,31+,34-,36+/m1/s1. The van der Waals surface area contributed by atoms with Crippen LogP contribution in [-0.2, 0) is 44.1 Å². The summed E-state index contributed by atoms with van der Waals surface area (Å²) in [5, 5.41) is 17.0. The monoisotopic (exact) mass is 654 g/mol. The van der Waals surface area contributed by atoms with Gasteiger partial charge in [-0.3, -0.25) is 14.4 Å². The number of nitrogens with zero attached hydrogens (tertiary/aromatic N) is 1. The largest absolute Gasteiger partial charge is 0.394 e. The first-order chi connectivity index (χ1) is 22.5. The summed E-state index contributed by atoms with van der Waals surface area (Å²) >= 11 is 0. The summed E-state index contributed by atoms with van der Waals surface area (Å²) < 4.78 is 22.9. The molecule has 0 bridgehead atoms. The third-order valence-corrected chi connectivity index (χ3v) is 12.7. The fourth-order valence-electron chi connectivity index (χ4n) is 8.13. The number of para-hydroxylation sites is 1. The van der Waals surface area contributed by atoms with Crippen LogP contribution in [0, 0.1) is 5.92 Å². The molecule has 3 aliphatic heterocycles. The Labute approximate surface area is 273 Å². The Morgan fingerprint density at radius 1 is 1.11 bits per heavy atom. The lowest BCUT2D eigenvalue weighted by Crippen LogP contribution is -2.48. The second-order valence-electron chi connectivity index (χ2n) is 13.6. The van der Waals surface area contributed by atoms with Crippen LogP contribution in [0.4, 0.5) is 15.5 Å². The minimum atomic E-state index is -3.49. The summed E-state index contributed by atoms with van der Waals surface area (Å²) in [5.41, 5.74) is 3.30. The molecule has 4 heterocycles. The number of carbonyl (C=O) groups is 3. The molecular formula is C36H39FN4O5Si. The van der Waals surface area contributed by atoms with Gasteiger partial charge in [0.25, 0.3) is 5.91 Å². The first kappa shape index (κ1) is 31.3. The van der Waals surface area contributed by atoms with Crippen molar-refractivity contribution in [3.63, 3.8) is 0 Å². The van der Waals surface area contributed by atoms with E-state index in [9.17, 15) is 19.5 Å². The highest BCUT2D eigenvalue weighted by Gasteiger charge is 2.65. The van der Waals surface area contributed by atoms with Gasteiger partial charge in [-0.25, -0.2) is 0 Å². The minimum absolute atomic E-state index is 0.112. The molecule has 0 aliphatic carbocycles. The van der Waals surface area contributed by atoms with Gasteiger partial charge in [0.1, 0.15) is 0 Å². The van der Waals surface area contributed by atoms with Crippen molar-refractivity contribution in [3.05, 3.63) is 95.2 Å². The topological polar surface area (TPSA) is 124 Å². The van der Waals surface area contributed by atoms with Crippen molar-refractivity contribution in [3.8, 4) is 0 Å². The number of aromatic amines is 1. The van der Waals surface area contributed by atoms with Crippen molar-refractivity contribution in [1.29, 1.82) is 0 Å². The Kier molecular flexibility index (Phi) is 7.81. The predicted octanol–water partition coefficient (Wildman–Crippen LogP) is 5.41. The highest BCUT2D eigenvalue weighted by molar-refractivity contribution is 6.72. The van der Waals surface area contributed by atoms with E-state index in [1.54, 1.807) is 36.2 Å². The number of aliphatic hydroxyl groups is 1. The molecular weight excluding hydrogens is 616 g/mol. The predicted molar refractivity (Wildman–Crippen MR) is 180 cm³/mol. The van der Waals surface area contributed by atoms with Crippen LogP contribution in [0.5, 0.6) is 0 Å². The van der Waals surface area contributed by atoms with Crippen LogP contribution in [0.3, 0.4) is 0 Å². The molecule has 1 aromatic heterocycles. The average Bonchev–Trinajstić information content (AvgIpc) is 3.67. The van der Waals surface area contributed by atoms with Gasteiger partial charge in [0.05, 0.1) is 31.6 Å². The number of benzene rings is 3. The molecule has 3 aromatic carbocycles. The maximum atomic E-state index is 16.2. The second-order valence-corrected chi connectivity index (χ2v) is 17.4. The molecule has 1 spiro atoms. The van der Waals surface area contributed by atoms with Crippen molar-refractivity contribution in [2.45, 2.75) is 69.1 Å². The number of H-pyrrole nitrogens is 1. The second kappa shape index (κ2) is 11.7. The summed E-state index contributed by atoms with van der Waals surface area (Å²) in [6, 6.07) is 20.4. The molecule has 244 valence electrons. The molecule has 3 amide bonds. The van der Waals surface area contributed by atoms with Gasteiger partial charge < -0.3 is 34.5 Å². The van der Waals surface area contributed by atoms with E-state index in [4.69, 9.17) is 4.74 Å². The minimum Gasteiger partial charge on any atom is -0.394 e. The molecule has 1 saturated heterocycles. The smallest absolute Gasteiger partial charge is 0.261 e. The van der Waals surface area contributed by atoms with Crippen LogP contribution in [-0.4, -0.2) is 59.9 Å². The number of aliphatic hydroxyl groups excluding tert-OH is 1. The number of halogens is 1. The summed E-state index contributed by atoms with van der Waals surface area (Å²) in [5.74, 6) is -1.45. The van der Waals surface area contributed by atoms with E-state index in [0.29, 0.717) is 29.9 Å². The van der Waals surface area contributed by atoms with E-state index in [2.05, 4.69) is 15.6 Å². The third kappa shape index (κ3) is 5.36. The van der Waals surface area contributed by atoms with E-state index >= 15 is 4.11 Å². The number of rotatable bonds is 7. The van der Waals surface area contributed by atoms with Crippen LogP contribution in [0.25, 0.3) is 10.9 Å².